The molecule has 3 N–H and O–H groups in total. The van der Waals surface area contributed by atoms with Gasteiger partial charge in [0.05, 0.1) is 35.5 Å². The van der Waals surface area contributed by atoms with E-state index in [0.29, 0.717) is 22.9 Å². The Morgan fingerprint density at radius 3 is 2.65 bits per heavy atom. The molecule has 0 amide bonds. The lowest BCUT2D eigenvalue weighted by Gasteiger charge is -2.12. The minimum Gasteiger partial charge on any atom is -0.383 e. The van der Waals surface area contributed by atoms with Gasteiger partial charge in [-0.05, 0) is 31.5 Å². The molecule has 0 bridgehead atoms. The molecule has 0 aliphatic rings. The second-order valence-corrected chi connectivity index (χ2v) is 5.02. The van der Waals surface area contributed by atoms with Crippen molar-refractivity contribution in [2.24, 2.45) is 0 Å². The lowest BCUT2D eigenvalue weighted by molar-refractivity contribution is 0.112. The van der Waals surface area contributed by atoms with E-state index in [-0.39, 0.29) is 0 Å². The van der Waals surface area contributed by atoms with E-state index in [9.17, 15) is 4.79 Å². The molecule has 0 saturated carbocycles. The summed E-state index contributed by atoms with van der Waals surface area (Å²) in [5.74, 6) is 0.750. The van der Waals surface area contributed by atoms with Crippen molar-refractivity contribution >= 4 is 23.6 Å². The van der Waals surface area contributed by atoms with Crippen LogP contribution < -0.4 is 11.1 Å². The summed E-state index contributed by atoms with van der Waals surface area (Å²) < 4.78 is 0. The van der Waals surface area contributed by atoms with Gasteiger partial charge in [-0.15, -0.1) is 4.80 Å². The number of hydrogen-bond acceptors (Lipinski definition) is 7. The number of aldehydes is 1. The molecule has 0 aromatic carbocycles. The molecule has 8 nitrogen and oxygen atoms in total. The Morgan fingerprint density at radius 1 is 1.22 bits per heavy atom. The summed E-state index contributed by atoms with van der Waals surface area (Å²) in [5, 5.41) is 11.3. The van der Waals surface area contributed by atoms with Crippen LogP contribution in [0.3, 0.4) is 0 Å². The van der Waals surface area contributed by atoms with E-state index in [0.717, 1.165) is 23.2 Å². The predicted octanol–water partition coefficient (Wildman–Crippen LogP) is 1.81. The molecule has 0 aliphatic carbocycles. The van der Waals surface area contributed by atoms with Crippen molar-refractivity contribution in [3.8, 4) is 5.69 Å². The first-order valence-electron chi connectivity index (χ1n) is 6.91. The lowest BCUT2D eigenvalue weighted by Crippen LogP contribution is -2.06. The highest BCUT2D eigenvalue weighted by molar-refractivity contribution is 5.85. The Bertz CT molecular complexity index is 859. The van der Waals surface area contributed by atoms with Gasteiger partial charge in [-0.1, -0.05) is 0 Å². The topological polar surface area (TPSA) is 112 Å². The lowest BCUT2D eigenvalue weighted by atomic mass is 10.2. The summed E-state index contributed by atoms with van der Waals surface area (Å²) in [7, 11) is 0. The fraction of sp³-hybridized carbons (Fsp3) is 0.133. The normalized spacial score (nSPS) is 10.5. The highest BCUT2D eigenvalue weighted by Gasteiger charge is 2.10. The molecular weight excluding hydrogens is 294 g/mol. The van der Waals surface area contributed by atoms with Crippen LogP contribution in [0.5, 0.6) is 0 Å². The summed E-state index contributed by atoms with van der Waals surface area (Å²) in [6, 6.07) is 3.52. The standard InChI is InChI=1S/C15H15N7O/c1-9-5-11(8-23)15(21-14(9)16)20-12-6-13(10(2)17-7-12)22-18-3-4-19-22/h3-8H,1-2H3,(H3,16,20,21). The number of carbonyl (C=O) groups excluding carboxylic acids is 1. The number of nitrogens with one attached hydrogen (secondary N) is 1. The average Bonchev–Trinajstić information content (AvgIpc) is 3.06. The molecule has 116 valence electrons. The molecule has 8 heteroatoms. The Labute approximate surface area is 132 Å². The smallest absolute Gasteiger partial charge is 0.153 e. The van der Waals surface area contributed by atoms with Gasteiger partial charge in [0.15, 0.2) is 6.29 Å². The Kier molecular flexibility index (Phi) is 3.71. The van der Waals surface area contributed by atoms with E-state index >= 15 is 0 Å². The number of nitrogens with two attached hydrogens (primary N) is 1. The molecule has 0 saturated heterocycles. The first-order valence-corrected chi connectivity index (χ1v) is 6.91. The number of aryl methyl sites for hydroxylation is 2. The van der Waals surface area contributed by atoms with E-state index in [1.54, 1.807) is 31.6 Å². The van der Waals surface area contributed by atoms with Crippen molar-refractivity contribution in [1.82, 2.24) is 25.0 Å². The van der Waals surface area contributed by atoms with Gasteiger partial charge in [0, 0.05) is 0 Å². The molecule has 3 aromatic heterocycles. The average molecular weight is 309 g/mol. The molecule has 3 rings (SSSR count). The maximum Gasteiger partial charge on any atom is 0.153 e. The van der Waals surface area contributed by atoms with Crippen molar-refractivity contribution < 1.29 is 4.79 Å². The summed E-state index contributed by atoms with van der Waals surface area (Å²) in [6.07, 6.45) is 5.56. The van der Waals surface area contributed by atoms with Crippen LogP contribution in [0.2, 0.25) is 0 Å². The van der Waals surface area contributed by atoms with E-state index in [1.165, 1.54) is 4.80 Å². The molecule has 0 radical (unpaired) electrons. The number of hydrogen-bond donors (Lipinski definition) is 2. The second-order valence-electron chi connectivity index (χ2n) is 5.02. The highest BCUT2D eigenvalue weighted by Crippen LogP contribution is 2.23. The largest absolute Gasteiger partial charge is 0.383 e. The van der Waals surface area contributed by atoms with Crippen LogP contribution in [0.4, 0.5) is 17.3 Å². The van der Waals surface area contributed by atoms with E-state index < -0.39 is 0 Å². The number of rotatable bonds is 4. The molecule has 0 aliphatic heterocycles. The van der Waals surface area contributed by atoms with Crippen LogP contribution in [0, 0.1) is 13.8 Å². The van der Waals surface area contributed by atoms with Gasteiger partial charge in [-0.25, -0.2) is 4.98 Å². The number of carbonyl (C=O) groups is 1. The third-order valence-corrected chi connectivity index (χ3v) is 3.37. The van der Waals surface area contributed by atoms with Crippen molar-refractivity contribution in [3.05, 3.63) is 47.5 Å². The zero-order valence-electron chi connectivity index (χ0n) is 12.7. The molecule has 0 spiro atoms. The van der Waals surface area contributed by atoms with Gasteiger partial charge < -0.3 is 11.1 Å². The molecule has 23 heavy (non-hydrogen) atoms. The highest BCUT2D eigenvalue weighted by atomic mass is 16.1. The van der Waals surface area contributed by atoms with Crippen molar-refractivity contribution in [3.63, 3.8) is 0 Å². The van der Waals surface area contributed by atoms with Gasteiger partial charge in [0.1, 0.15) is 17.3 Å². The predicted molar refractivity (Wildman–Crippen MR) is 85.9 cm³/mol. The number of nitrogen functional groups attached to an aromatic ring is 1. The van der Waals surface area contributed by atoms with Gasteiger partial charge in [-0.3, -0.25) is 9.78 Å². The number of anilines is 3. The van der Waals surface area contributed by atoms with Crippen LogP contribution in [-0.2, 0) is 0 Å². The summed E-state index contributed by atoms with van der Waals surface area (Å²) in [6.45, 7) is 3.66. The van der Waals surface area contributed by atoms with Gasteiger partial charge >= 0.3 is 0 Å². The van der Waals surface area contributed by atoms with Crippen molar-refractivity contribution in [1.29, 1.82) is 0 Å². The summed E-state index contributed by atoms with van der Waals surface area (Å²) in [5.41, 5.74) is 9.16. The molecular formula is C15H15N7O. The van der Waals surface area contributed by atoms with Crippen LogP contribution in [0.1, 0.15) is 21.6 Å². The fourth-order valence-corrected chi connectivity index (χ4v) is 2.11. The molecule has 0 unspecified atom stereocenters. The van der Waals surface area contributed by atoms with Gasteiger partial charge in [-0.2, -0.15) is 10.2 Å². The zero-order chi connectivity index (χ0) is 16.4. The maximum absolute atomic E-state index is 11.2. The molecule has 0 fully saturated rings. The third-order valence-electron chi connectivity index (χ3n) is 3.37. The molecule has 0 atom stereocenters. The van der Waals surface area contributed by atoms with Gasteiger partial charge in [0.2, 0.25) is 0 Å². The van der Waals surface area contributed by atoms with E-state index in [2.05, 4.69) is 25.5 Å². The SMILES string of the molecule is Cc1cc(C=O)c(Nc2cnc(C)c(-n3nccn3)c2)nc1N. The summed E-state index contributed by atoms with van der Waals surface area (Å²) in [4.78, 5) is 21.2. The van der Waals surface area contributed by atoms with Crippen LogP contribution in [-0.4, -0.2) is 31.2 Å². The van der Waals surface area contributed by atoms with Gasteiger partial charge in [0.25, 0.3) is 0 Å². The van der Waals surface area contributed by atoms with Crippen LogP contribution >= 0.6 is 0 Å². The first-order chi connectivity index (χ1) is 11.1. The van der Waals surface area contributed by atoms with Crippen LogP contribution in [0.25, 0.3) is 5.69 Å². The third kappa shape index (κ3) is 2.86. The number of pyridine rings is 2. The summed E-state index contributed by atoms with van der Waals surface area (Å²) >= 11 is 0. The Morgan fingerprint density at radius 2 is 1.96 bits per heavy atom. The Hall–Kier alpha value is -3.29. The zero-order valence-corrected chi connectivity index (χ0v) is 12.7. The minimum atomic E-state index is 0.368. The quantitative estimate of drug-likeness (QED) is 0.707. The van der Waals surface area contributed by atoms with E-state index in [4.69, 9.17) is 5.73 Å². The molecule has 3 aromatic rings. The number of nitrogens with zero attached hydrogens (tertiary/aromatic N) is 5. The fourth-order valence-electron chi connectivity index (χ4n) is 2.11. The second kappa shape index (κ2) is 5.84. The monoisotopic (exact) mass is 309 g/mol. The van der Waals surface area contributed by atoms with Crippen molar-refractivity contribution in [2.45, 2.75) is 13.8 Å². The first kappa shape index (κ1) is 14.6. The van der Waals surface area contributed by atoms with E-state index in [1.807, 2.05) is 13.0 Å². The van der Waals surface area contributed by atoms with Crippen LogP contribution in [0.15, 0.2) is 30.7 Å². The Balaban J connectivity index is 2.00. The molecule has 3 heterocycles. The maximum atomic E-state index is 11.2. The number of aromatic nitrogens is 5. The minimum absolute atomic E-state index is 0.368. The van der Waals surface area contributed by atoms with Crippen molar-refractivity contribution in [2.75, 3.05) is 11.1 Å².